The van der Waals surface area contributed by atoms with Gasteiger partial charge in [0.05, 0.1) is 5.69 Å². The number of rotatable bonds is 2. The minimum atomic E-state index is 0.588. The van der Waals surface area contributed by atoms with Gasteiger partial charge in [0.2, 0.25) is 0 Å². The van der Waals surface area contributed by atoms with Gasteiger partial charge in [0.1, 0.15) is 0 Å². The summed E-state index contributed by atoms with van der Waals surface area (Å²) in [6.07, 6.45) is 0.835. The number of nitrogens with two attached hydrogens (primary N) is 1. The number of hydrogen-bond donors (Lipinski definition) is 2. The monoisotopic (exact) mass is 213 g/mol. The smallest absolute Gasteiger partial charge is 0.197 e. The Labute approximate surface area is 86.1 Å². The molecule has 3 nitrogen and oxygen atoms in total. The standard InChI is InChI=1S/C8H11N3S2/c9-2-1-6-5-3-13-4-7(5)11-8(12)10-6/h1-4,9H2,(H,10,11,12). The summed E-state index contributed by atoms with van der Waals surface area (Å²) in [5.74, 6) is 2.07. The van der Waals surface area contributed by atoms with E-state index in [9.17, 15) is 0 Å². The topological polar surface area (TPSA) is 54.7 Å². The van der Waals surface area contributed by atoms with Crippen molar-refractivity contribution in [1.82, 2.24) is 9.97 Å². The van der Waals surface area contributed by atoms with E-state index < -0.39 is 0 Å². The van der Waals surface area contributed by atoms with Gasteiger partial charge < -0.3 is 10.7 Å². The Kier molecular flexibility index (Phi) is 2.66. The molecule has 0 saturated carbocycles. The van der Waals surface area contributed by atoms with Gasteiger partial charge in [-0.1, -0.05) is 0 Å². The average molecular weight is 213 g/mol. The van der Waals surface area contributed by atoms with Crippen molar-refractivity contribution in [3.8, 4) is 0 Å². The summed E-state index contributed by atoms with van der Waals surface area (Å²) in [6.45, 7) is 0.642. The molecule has 3 N–H and O–H groups in total. The van der Waals surface area contributed by atoms with Crippen LogP contribution in [0.15, 0.2) is 0 Å². The van der Waals surface area contributed by atoms with Gasteiger partial charge in [-0.05, 0) is 18.8 Å². The van der Waals surface area contributed by atoms with Gasteiger partial charge in [-0.3, -0.25) is 0 Å². The molecule has 70 valence electrons. The Bertz CT molecular complexity index is 372. The van der Waals surface area contributed by atoms with Crippen LogP contribution < -0.4 is 5.73 Å². The molecule has 1 aromatic heterocycles. The molecule has 2 rings (SSSR count). The third-order valence-corrected chi connectivity index (χ3v) is 3.26. The molecule has 0 spiro atoms. The molecule has 0 saturated heterocycles. The summed E-state index contributed by atoms with van der Waals surface area (Å²) >= 11 is 6.93. The van der Waals surface area contributed by atoms with E-state index in [1.165, 1.54) is 11.3 Å². The highest BCUT2D eigenvalue weighted by Gasteiger charge is 2.16. The van der Waals surface area contributed by atoms with E-state index in [1.807, 2.05) is 11.8 Å². The van der Waals surface area contributed by atoms with Crippen molar-refractivity contribution in [2.24, 2.45) is 5.73 Å². The normalized spacial score (nSPS) is 14.5. The molecular formula is C8H11N3S2. The number of fused-ring (bicyclic) bond motifs is 1. The van der Waals surface area contributed by atoms with Gasteiger partial charge in [0.25, 0.3) is 0 Å². The molecule has 5 heteroatoms. The Morgan fingerprint density at radius 3 is 3.15 bits per heavy atom. The first-order valence-corrected chi connectivity index (χ1v) is 5.76. The molecule has 1 aliphatic rings. The summed E-state index contributed by atoms with van der Waals surface area (Å²) in [4.78, 5) is 7.43. The van der Waals surface area contributed by atoms with Crippen molar-refractivity contribution < 1.29 is 0 Å². The largest absolute Gasteiger partial charge is 0.333 e. The quantitative estimate of drug-likeness (QED) is 0.729. The lowest BCUT2D eigenvalue weighted by Gasteiger charge is -2.04. The van der Waals surface area contributed by atoms with E-state index in [0.717, 1.165) is 23.6 Å². The Morgan fingerprint density at radius 1 is 1.54 bits per heavy atom. The SMILES string of the molecule is NCCc1nc(=S)[nH]c2c1CSC2. The zero-order valence-electron chi connectivity index (χ0n) is 7.17. The summed E-state index contributed by atoms with van der Waals surface area (Å²) in [5, 5.41) is 0. The fraction of sp³-hybridized carbons (Fsp3) is 0.500. The van der Waals surface area contributed by atoms with Crippen LogP contribution in [0, 0.1) is 4.77 Å². The van der Waals surface area contributed by atoms with E-state index >= 15 is 0 Å². The molecule has 0 unspecified atom stereocenters. The second kappa shape index (κ2) is 3.77. The molecule has 0 atom stereocenters. The highest BCUT2D eigenvalue weighted by Crippen LogP contribution is 2.29. The van der Waals surface area contributed by atoms with E-state index in [0.29, 0.717) is 11.3 Å². The molecule has 0 fully saturated rings. The first-order valence-electron chi connectivity index (χ1n) is 4.20. The fourth-order valence-corrected chi connectivity index (χ4v) is 2.82. The van der Waals surface area contributed by atoms with E-state index in [4.69, 9.17) is 18.0 Å². The highest BCUT2D eigenvalue weighted by molar-refractivity contribution is 7.98. The van der Waals surface area contributed by atoms with Crippen LogP contribution in [0.4, 0.5) is 0 Å². The predicted octanol–water partition coefficient (Wildman–Crippen LogP) is 1.39. The Hall–Kier alpha value is -0.390. The maximum atomic E-state index is 5.51. The van der Waals surface area contributed by atoms with Crippen LogP contribution in [0.3, 0.4) is 0 Å². The van der Waals surface area contributed by atoms with Gasteiger partial charge in [0.15, 0.2) is 4.77 Å². The lowest BCUT2D eigenvalue weighted by Crippen LogP contribution is -2.08. The van der Waals surface area contributed by atoms with Crippen molar-refractivity contribution in [1.29, 1.82) is 0 Å². The maximum Gasteiger partial charge on any atom is 0.197 e. The number of aromatic nitrogens is 2. The minimum Gasteiger partial charge on any atom is -0.333 e. The summed E-state index contributed by atoms with van der Waals surface area (Å²) in [7, 11) is 0. The van der Waals surface area contributed by atoms with Gasteiger partial charge in [-0.25, -0.2) is 4.98 Å². The lowest BCUT2D eigenvalue weighted by molar-refractivity contribution is 0.874. The van der Waals surface area contributed by atoms with Crippen molar-refractivity contribution in [2.75, 3.05) is 6.54 Å². The average Bonchev–Trinajstić information content (AvgIpc) is 2.52. The molecule has 0 amide bonds. The fourth-order valence-electron chi connectivity index (χ4n) is 1.49. The molecule has 2 heterocycles. The first kappa shape index (κ1) is 9.18. The van der Waals surface area contributed by atoms with Crippen LogP contribution in [0.2, 0.25) is 0 Å². The Morgan fingerprint density at radius 2 is 2.38 bits per heavy atom. The van der Waals surface area contributed by atoms with Gasteiger partial charge in [-0.15, -0.1) is 0 Å². The summed E-state index contributed by atoms with van der Waals surface area (Å²) in [5.41, 5.74) is 9.17. The minimum absolute atomic E-state index is 0.588. The van der Waals surface area contributed by atoms with Crippen molar-refractivity contribution in [3.63, 3.8) is 0 Å². The number of nitrogens with zero attached hydrogens (tertiary/aromatic N) is 1. The molecule has 0 bridgehead atoms. The maximum absolute atomic E-state index is 5.51. The number of hydrogen-bond acceptors (Lipinski definition) is 4. The molecule has 1 aliphatic heterocycles. The molecule has 0 aromatic carbocycles. The van der Waals surface area contributed by atoms with Gasteiger partial charge in [-0.2, -0.15) is 11.8 Å². The third-order valence-electron chi connectivity index (χ3n) is 2.08. The second-order valence-corrected chi connectivity index (χ2v) is 4.35. The third kappa shape index (κ3) is 1.77. The molecule has 0 radical (unpaired) electrons. The zero-order valence-corrected chi connectivity index (χ0v) is 8.80. The van der Waals surface area contributed by atoms with Crippen LogP contribution in [0.25, 0.3) is 0 Å². The number of H-pyrrole nitrogens is 1. The number of nitrogens with one attached hydrogen (secondary N) is 1. The number of aromatic amines is 1. The molecular weight excluding hydrogens is 202 g/mol. The summed E-state index contributed by atoms with van der Waals surface area (Å²) < 4.78 is 0.588. The van der Waals surface area contributed by atoms with E-state index in [2.05, 4.69) is 9.97 Å². The Balaban J connectivity index is 2.49. The predicted molar refractivity (Wildman–Crippen MR) is 57.2 cm³/mol. The van der Waals surface area contributed by atoms with E-state index in [1.54, 1.807) is 0 Å². The van der Waals surface area contributed by atoms with Gasteiger partial charge in [0, 0.05) is 29.2 Å². The molecule has 1 aromatic rings. The van der Waals surface area contributed by atoms with Gasteiger partial charge >= 0.3 is 0 Å². The van der Waals surface area contributed by atoms with Crippen molar-refractivity contribution in [3.05, 3.63) is 21.7 Å². The van der Waals surface area contributed by atoms with E-state index in [-0.39, 0.29) is 0 Å². The van der Waals surface area contributed by atoms with Crippen LogP contribution in [0.1, 0.15) is 17.0 Å². The first-order chi connectivity index (χ1) is 6.31. The number of thioether (sulfide) groups is 1. The van der Waals surface area contributed by atoms with Crippen LogP contribution in [0.5, 0.6) is 0 Å². The zero-order chi connectivity index (χ0) is 9.26. The van der Waals surface area contributed by atoms with Crippen LogP contribution in [-0.2, 0) is 17.9 Å². The molecule has 0 aliphatic carbocycles. The van der Waals surface area contributed by atoms with Crippen molar-refractivity contribution >= 4 is 24.0 Å². The van der Waals surface area contributed by atoms with Crippen LogP contribution >= 0.6 is 24.0 Å². The second-order valence-electron chi connectivity index (χ2n) is 2.98. The highest BCUT2D eigenvalue weighted by atomic mass is 32.2. The summed E-state index contributed by atoms with van der Waals surface area (Å²) in [6, 6.07) is 0. The lowest BCUT2D eigenvalue weighted by atomic mass is 10.1. The van der Waals surface area contributed by atoms with Crippen LogP contribution in [-0.4, -0.2) is 16.5 Å². The van der Waals surface area contributed by atoms with Crippen molar-refractivity contribution in [2.45, 2.75) is 17.9 Å². The molecule has 13 heavy (non-hydrogen) atoms.